The number of hydrogen-bond acceptors (Lipinski definition) is 16. The van der Waals surface area contributed by atoms with Gasteiger partial charge in [0.1, 0.15) is 29.6 Å². The maximum atomic E-state index is 14.6. The number of aliphatic hydroxyl groups excluding tert-OH is 1. The fourth-order valence-electron chi connectivity index (χ4n) is 8.23. The van der Waals surface area contributed by atoms with Crippen LogP contribution in [-0.2, 0) is 42.9 Å². The van der Waals surface area contributed by atoms with Crippen LogP contribution in [0.25, 0.3) is 10.7 Å². The van der Waals surface area contributed by atoms with E-state index in [1.54, 1.807) is 46.9 Å². The summed E-state index contributed by atoms with van der Waals surface area (Å²) < 4.78 is 30.3. The standard InChI is InChI=1S/C40H56N6O11S/c1-19-17-39(7,52-11)32(55-38-31(49)26(46(9)10)16-20(2)54-38)22(4)30(48)23(5)36(50)53-18-40(8)28(21(3)29(19)47)27(37(51)56-40)33(41)45-57-24(6)34-43-44-35(58-34)25-14-12-13-15-42-25/h12-15,19-21,23-24,26-28,31-32,38,49H,4,16-18H2,1-3,5-11H3,(H2,41,45)/p+1/t19-,20+,21-,23-,24?,26+,27-,28?,31-,32-,38+,39-,40-/m1/s1. The lowest BCUT2D eigenvalue weighted by atomic mass is 9.69. The number of hydrogen-bond donors (Lipinski definition) is 2. The van der Waals surface area contributed by atoms with Crippen LogP contribution in [0.5, 0.6) is 0 Å². The molecule has 4 N–H and O–H groups in total. The molecular weight excluding hydrogens is 773 g/mol. The number of nitrogens with zero attached hydrogens (tertiary/aromatic N) is 5. The number of cyclic esters (lactones) is 1. The van der Waals surface area contributed by atoms with Crippen molar-refractivity contribution < 1.29 is 52.8 Å². The minimum absolute atomic E-state index is 0.00906. The van der Waals surface area contributed by atoms with Gasteiger partial charge < -0.3 is 49.1 Å². The zero-order valence-corrected chi connectivity index (χ0v) is 35.6. The third kappa shape index (κ3) is 9.16. The Morgan fingerprint density at radius 2 is 1.88 bits per heavy atom. The molecule has 0 bridgehead atoms. The fourth-order valence-corrected chi connectivity index (χ4v) is 9.03. The molecule has 2 aromatic rings. The first-order valence-corrected chi connectivity index (χ1v) is 20.2. The molecule has 0 radical (unpaired) electrons. The van der Waals surface area contributed by atoms with Crippen molar-refractivity contribution in [2.75, 3.05) is 27.8 Å². The molecular formula is C40H57N6O11S+. The Labute approximate surface area is 342 Å². The van der Waals surface area contributed by atoms with Crippen LogP contribution in [0.2, 0.25) is 0 Å². The number of rotatable bonds is 9. The Morgan fingerprint density at radius 3 is 2.52 bits per heavy atom. The SMILES string of the molecule is C=C1C(=O)[C@@H](C)C(=O)OC[C@@]2(C)OC(=[OH+])[C@@H](/C(N)=N/OC(C)c3nnc(-c4ccccn4)s3)C2[C@@H](C)C(=O)[C@H](C)C[C@@](C)(OC)[C@@H]1O[C@@H]1O[C@@H](C)C[C@H](N(C)C)[C@H]1O. The van der Waals surface area contributed by atoms with Crippen LogP contribution >= 0.6 is 11.3 Å². The summed E-state index contributed by atoms with van der Waals surface area (Å²) in [5.41, 5.74) is 4.14. The molecule has 0 aliphatic carbocycles. The van der Waals surface area contributed by atoms with Crippen LogP contribution in [0.15, 0.2) is 41.7 Å². The number of fused-ring (bicyclic) bond motifs is 1. The summed E-state index contributed by atoms with van der Waals surface area (Å²) in [5.74, 6) is -7.73. The fraction of sp³-hybridized carbons (Fsp3) is 0.650. The molecule has 3 aliphatic rings. The summed E-state index contributed by atoms with van der Waals surface area (Å²) in [6.07, 6.45) is -2.43. The molecule has 2 aromatic heterocycles. The van der Waals surface area contributed by atoms with Gasteiger partial charge in [0.2, 0.25) is 5.60 Å². The largest absolute Gasteiger partial charge is 0.495 e. The summed E-state index contributed by atoms with van der Waals surface area (Å²) in [7, 11) is 5.09. The number of aliphatic hydroxyl groups is 1. The van der Waals surface area contributed by atoms with Crippen LogP contribution in [0.4, 0.5) is 0 Å². The first-order valence-electron chi connectivity index (χ1n) is 19.4. The third-order valence-electron chi connectivity index (χ3n) is 11.6. The zero-order valence-electron chi connectivity index (χ0n) is 34.8. The smallest absolute Gasteiger partial charge is 0.458 e. The van der Waals surface area contributed by atoms with Gasteiger partial charge in [-0.05, 0) is 66.8 Å². The van der Waals surface area contributed by atoms with Crippen LogP contribution in [-0.4, -0.2) is 129 Å². The number of likely N-dealkylation sites (N-methyl/N-ethyl adjacent to an activating group) is 1. The van der Waals surface area contributed by atoms with E-state index in [0.29, 0.717) is 22.1 Å². The van der Waals surface area contributed by atoms with Crippen molar-refractivity contribution in [2.24, 2.45) is 40.5 Å². The second kappa shape index (κ2) is 18.0. The lowest BCUT2D eigenvalue weighted by Crippen LogP contribution is -2.58. The third-order valence-corrected chi connectivity index (χ3v) is 12.7. The average Bonchev–Trinajstić information content (AvgIpc) is 3.80. The first-order chi connectivity index (χ1) is 27.2. The van der Waals surface area contributed by atoms with Gasteiger partial charge in [0.05, 0.1) is 17.6 Å². The van der Waals surface area contributed by atoms with Gasteiger partial charge in [0.15, 0.2) is 46.6 Å². The molecule has 5 heterocycles. The molecule has 0 aromatic carbocycles. The van der Waals surface area contributed by atoms with Crippen molar-refractivity contribution in [3.63, 3.8) is 0 Å². The number of nitrogens with two attached hydrogens (primary N) is 1. The second-order valence-electron chi connectivity index (χ2n) is 16.3. The molecule has 3 fully saturated rings. The van der Waals surface area contributed by atoms with Crippen LogP contribution in [0, 0.1) is 29.6 Å². The van der Waals surface area contributed by atoms with E-state index in [2.05, 4.69) is 26.9 Å². The van der Waals surface area contributed by atoms with E-state index in [1.807, 2.05) is 38.1 Å². The molecule has 18 heteroatoms. The predicted octanol–water partition coefficient (Wildman–Crippen LogP) is 3.24. The van der Waals surface area contributed by atoms with Crippen molar-refractivity contribution in [1.82, 2.24) is 20.1 Å². The van der Waals surface area contributed by atoms with Crippen molar-refractivity contribution in [1.29, 1.82) is 0 Å². The minimum atomic E-state index is -1.50. The van der Waals surface area contributed by atoms with Crippen molar-refractivity contribution in [3.05, 3.63) is 41.6 Å². The molecule has 13 atom stereocenters. The highest BCUT2D eigenvalue weighted by molar-refractivity contribution is 7.14. The van der Waals surface area contributed by atoms with E-state index >= 15 is 0 Å². The molecule has 58 heavy (non-hydrogen) atoms. The summed E-state index contributed by atoms with van der Waals surface area (Å²) in [4.78, 5) is 65.5. The Bertz CT molecular complexity index is 1880. The Hall–Kier alpha value is -4.20. The molecule has 318 valence electrons. The van der Waals surface area contributed by atoms with Gasteiger partial charge in [-0.1, -0.05) is 43.0 Å². The number of Topliss-reactive ketones (excluding diaryl/α,β-unsaturated/α-hetero) is 2. The summed E-state index contributed by atoms with van der Waals surface area (Å²) >= 11 is 1.26. The molecule has 0 saturated carbocycles. The summed E-state index contributed by atoms with van der Waals surface area (Å²) in [6.45, 7) is 15.2. The highest BCUT2D eigenvalue weighted by Gasteiger charge is 2.65. The maximum Gasteiger partial charge on any atom is 0.495 e. The van der Waals surface area contributed by atoms with Gasteiger partial charge in [-0.3, -0.25) is 19.4 Å². The van der Waals surface area contributed by atoms with Crippen molar-refractivity contribution >= 4 is 40.7 Å². The monoisotopic (exact) mass is 829 g/mol. The van der Waals surface area contributed by atoms with Crippen LogP contribution < -0.4 is 5.73 Å². The number of oxime groups is 1. The van der Waals surface area contributed by atoms with E-state index in [0.717, 1.165) is 0 Å². The summed E-state index contributed by atoms with van der Waals surface area (Å²) in [5, 5.41) is 25.0. The Kier molecular flexibility index (Phi) is 13.9. The van der Waals surface area contributed by atoms with E-state index in [-0.39, 0.29) is 35.8 Å². The quantitative estimate of drug-likeness (QED) is 0.0703. The molecule has 17 nitrogen and oxygen atoms in total. The number of pyridine rings is 1. The van der Waals surface area contributed by atoms with Crippen molar-refractivity contribution in [2.45, 2.75) is 109 Å². The number of carbonyl (C=O) groups is 3. The number of ether oxygens (including phenoxy) is 5. The second-order valence-corrected chi connectivity index (χ2v) is 17.3. The van der Waals surface area contributed by atoms with Gasteiger partial charge in [-0.25, -0.2) is 0 Å². The number of amidine groups is 1. The van der Waals surface area contributed by atoms with Crippen LogP contribution in [0.3, 0.4) is 0 Å². The zero-order chi connectivity index (χ0) is 42.9. The maximum absolute atomic E-state index is 14.6. The Balaban J connectivity index is 1.46. The molecule has 3 aliphatic heterocycles. The molecule has 5 rings (SSSR count). The number of ketones is 2. The van der Waals surface area contributed by atoms with Gasteiger partial charge in [0, 0.05) is 43.7 Å². The molecule has 3 saturated heterocycles. The van der Waals surface area contributed by atoms with Gasteiger partial charge in [-0.15, -0.1) is 10.2 Å². The topological polar surface area (TPSA) is 229 Å². The van der Waals surface area contributed by atoms with E-state index in [1.165, 1.54) is 25.4 Å². The predicted molar refractivity (Wildman–Crippen MR) is 213 cm³/mol. The molecule has 0 spiro atoms. The Morgan fingerprint density at radius 1 is 1.17 bits per heavy atom. The minimum Gasteiger partial charge on any atom is -0.458 e. The lowest BCUT2D eigenvalue weighted by Gasteiger charge is -2.45. The van der Waals surface area contributed by atoms with Crippen molar-refractivity contribution in [3.8, 4) is 10.7 Å². The van der Waals surface area contributed by atoms with E-state index in [9.17, 15) is 24.3 Å². The normalized spacial score (nSPS) is 36.2. The highest BCUT2D eigenvalue weighted by Crippen LogP contribution is 2.45. The van der Waals surface area contributed by atoms with E-state index < -0.39 is 89.7 Å². The summed E-state index contributed by atoms with van der Waals surface area (Å²) in [6, 6.07) is 5.12. The number of methoxy groups -OCH3 is 1. The number of aromatic nitrogens is 3. The van der Waals surface area contributed by atoms with E-state index in [4.69, 9.17) is 34.3 Å². The van der Waals surface area contributed by atoms with Gasteiger partial charge in [-0.2, -0.15) is 0 Å². The number of carbonyl (C=O) groups excluding carboxylic acids is 4. The molecule has 2 unspecified atom stereocenters. The van der Waals surface area contributed by atoms with Gasteiger partial charge in [0.25, 0.3) is 0 Å². The van der Waals surface area contributed by atoms with Crippen LogP contribution in [0.1, 0.15) is 72.4 Å². The number of esters is 2. The average molecular weight is 830 g/mol. The molecule has 0 amide bonds. The first kappa shape index (κ1) is 44.9. The van der Waals surface area contributed by atoms with Gasteiger partial charge >= 0.3 is 11.9 Å². The lowest BCUT2D eigenvalue weighted by molar-refractivity contribution is -0.282. The highest BCUT2D eigenvalue weighted by atomic mass is 32.1.